The number of Topliss-reactive ketones (excluding diaryl/α,β-unsaturated/α-hetero) is 1. The van der Waals surface area contributed by atoms with E-state index in [2.05, 4.69) is 10.3 Å². The molecule has 3 rings (SSSR count). The van der Waals surface area contributed by atoms with Crippen LogP contribution in [0.25, 0.3) is 0 Å². The molecule has 0 spiro atoms. The van der Waals surface area contributed by atoms with E-state index in [1.165, 1.54) is 58.3 Å². The number of hydrogen-bond acceptors (Lipinski definition) is 7. The highest BCUT2D eigenvalue weighted by atomic mass is 32.2. The van der Waals surface area contributed by atoms with Crippen molar-refractivity contribution in [3.63, 3.8) is 0 Å². The molecule has 1 aromatic carbocycles. The fraction of sp³-hybridized carbons (Fsp3) is 0.158. The molecule has 2 aromatic rings. The van der Waals surface area contributed by atoms with Crippen LogP contribution in [0, 0.1) is 17.1 Å². The molecule has 7 nitrogen and oxygen atoms in total. The van der Waals surface area contributed by atoms with Crippen molar-refractivity contribution in [1.82, 2.24) is 9.99 Å². The second kappa shape index (κ2) is 8.10. The van der Waals surface area contributed by atoms with Crippen LogP contribution < -0.4 is 10.3 Å². The monoisotopic (exact) mass is 397 g/mol. The summed E-state index contributed by atoms with van der Waals surface area (Å²) in [6.45, 7) is -0.0552. The molecule has 9 heteroatoms. The van der Waals surface area contributed by atoms with Gasteiger partial charge in [0.2, 0.25) is 0 Å². The van der Waals surface area contributed by atoms with Gasteiger partial charge in [0.05, 0.1) is 16.9 Å². The first-order valence-corrected chi connectivity index (χ1v) is 9.42. The van der Waals surface area contributed by atoms with Crippen LogP contribution in [0.15, 0.2) is 53.2 Å². The lowest BCUT2D eigenvalue weighted by Gasteiger charge is -2.37. The number of anilines is 2. The minimum atomic E-state index is -0.473. The molecule has 1 aliphatic rings. The van der Waals surface area contributed by atoms with Gasteiger partial charge in [-0.05, 0) is 42.7 Å². The molecule has 0 bridgehead atoms. The average molecular weight is 397 g/mol. The van der Waals surface area contributed by atoms with Crippen LogP contribution >= 0.6 is 11.8 Å². The van der Waals surface area contributed by atoms with E-state index in [0.29, 0.717) is 16.4 Å². The largest absolute Gasteiger partial charge is 0.349 e. The van der Waals surface area contributed by atoms with E-state index in [1.807, 2.05) is 6.07 Å². The number of carbonyl (C=O) groups excluding carboxylic acids is 2. The van der Waals surface area contributed by atoms with Crippen LogP contribution in [-0.4, -0.2) is 41.5 Å². The molecule has 1 aliphatic heterocycles. The number of nitriles is 1. The maximum Gasteiger partial charge on any atom is 0.278 e. The predicted molar refractivity (Wildman–Crippen MR) is 105 cm³/mol. The Morgan fingerprint density at radius 3 is 2.54 bits per heavy atom. The summed E-state index contributed by atoms with van der Waals surface area (Å²) in [5, 5.41) is 15.1. The van der Waals surface area contributed by atoms with E-state index in [4.69, 9.17) is 5.26 Å². The Morgan fingerprint density at radius 1 is 1.25 bits per heavy atom. The number of nitrogens with one attached hydrogen (secondary N) is 1. The molecule has 1 N–H and O–H groups in total. The molecular formula is C19H16FN5O2S. The number of rotatable bonds is 4. The summed E-state index contributed by atoms with van der Waals surface area (Å²) in [5.41, 5.74) is 1.38. The lowest BCUT2D eigenvalue weighted by Crippen LogP contribution is -2.54. The number of likely N-dealkylation sites (N-methyl/N-ethyl adjacent to an activating group) is 1. The molecule has 0 aliphatic carbocycles. The summed E-state index contributed by atoms with van der Waals surface area (Å²) >= 11 is 1.23. The van der Waals surface area contributed by atoms with Crippen molar-refractivity contribution in [2.75, 3.05) is 30.2 Å². The molecule has 0 saturated carbocycles. The zero-order valence-corrected chi connectivity index (χ0v) is 16.0. The van der Waals surface area contributed by atoms with Gasteiger partial charge < -0.3 is 5.32 Å². The normalized spacial score (nSPS) is 16.1. The Kier molecular flexibility index (Phi) is 5.61. The fourth-order valence-electron chi connectivity index (χ4n) is 2.68. The van der Waals surface area contributed by atoms with Gasteiger partial charge in [0, 0.05) is 12.7 Å². The SMILES string of the molecule is CSC(Nc1ccc(F)cc1)=C1C(=O)CN(c2ccc(C#N)nc2)N(C)C1=O. The smallest absolute Gasteiger partial charge is 0.278 e. The van der Waals surface area contributed by atoms with Gasteiger partial charge in [0.25, 0.3) is 5.91 Å². The molecule has 0 unspecified atom stereocenters. The molecule has 2 heterocycles. The third-order valence-corrected chi connectivity index (χ3v) is 4.85. The minimum Gasteiger partial charge on any atom is -0.349 e. The first-order chi connectivity index (χ1) is 13.4. The van der Waals surface area contributed by atoms with Crippen LogP contribution in [0.5, 0.6) is 0 Å². The molecule has 1 saturated heterocycles. The Bertz CT molecular complexity index is 983. The quantitative estimate of drug-likeness (QED) is 0.626. The van der Waals surface area contributed by atoms with E-state index in [0.717, 1.165) is 0 Å². The first kappa shape index (κ1) is 19.4. The summed E-state index contributed by atoms with van der Waals surface area (Å²) in [5.74, 6) is -1.20. The minimum absolute atomic E-state index is 0.0391. The standard InChI is InChI=1S/C19H16FN5O2S/c1-24-19(27)17(18(28-2)23-13-5-3-12(20)4-6-13)16(26)11-25(24)15-8-7-14(9-21)22-10-15/h3-8,10,23H,11H2,1-2H3. The Balaban J connectivity index is 1.90. The maximum atomic E-state index is 13.1. The zero-order valence-electron chi connectivity index (χ0n) is 15.1. The van der Waals surface area contributed by atoms with E-state index in [1.54, 1.807) is 19.4 Å². The van der Waals surface area contributed by atoms with Gasteiger partial charge in [-0.1, -0.05) is 0 Å². The van der Waals surface area contributed by atoms with Crippen molar-refractivity contribution in [2.45, 2.75) is 0 Å². The van der Waals surface area contributed by atoms with E-state index >= 15 is 0 Å². The molecule has 1 amide bonds. The Hall–Kier alpha value is -3.38. The summed E-state index contributed by atoms with van der Waals surface area (Å²) < 4.78 is 13.1. The maximum absolute atomic E-state index is 13.1. The van der Waals surface area contributed by atoms with Crippen LogP contribution in [-0.2, 0) is 9.59 Å². The highest BCUT2D eigenvalue weighted by molar-refractivity contribution is 8.02. The van der Waals surface area contributed by atoms with Crippen LogP contribution in [0.1, 0.15) is 5.69 Å². The molecule has 1 fully saturated rings. The second-order valence-electron chi connectivity index (χ2n) is 5.86. The lowest BCUT2D eigenvalue weighted by molar-refractivity contribution is -0.132. The topological polar surface area (TPSA) is 89.3 Å². The number of benzene rings is 1. The van der Waals surface area contributed by atoms with Crippen molar-refractivity contribution < 1.29 is 14.0 Å². The second-order valence-corrected chi connectivity index (χ2v) is 6.68. The van der Waals surface area contributed by atoms with Gasteiger partial charge in [-0.15, -0.1) is 11.8 Å². The molecular weight excluding hydrogens is 381 g/mol. The van der Waals surface area contributed by atoms with Gasteiger partial charge in [0.1, 0.15) is 29.7 Å². The number of hydrogen-bond donors (Lipinski definition) is 1. The van der Waals surface area contributed by atoms with Crippen molar-refractivity contribution in [3.8, 4) is 6.07 Å². The zero-order chi connectivity index (χ0) is 20.3. The van der Waals surface area contributed by atoms with Crippen LogP contribution in [0.4, 0.5) is 15.8 Å². The number of ketones is 1. The summed E-state index contributed by atoms with van der Waals surface area (Å²) in [7, 11) is 1.56. The van der Waals surface area contributed by atoms with Crippen molar-refractivity contribution in [1.29, 1.82) is 5.26 Å². The summed E-state index contributed by atoms with van der Waals surface area (Å²) in [6, 6.07) is 10.7. The highest BCUT2D eigenvalue weighted by Crippen LogP contribution is 2.28. The average Bonchev–Trinajstić information content (AvgIpc) is 2.71. The van der Waals surface area contributed by atoms with E-state index in [-0.39, 0.29) is 29.4 Å². The lowest BCUT2D eigenvalue weighted by atomic mass is 10.1. The number of nitrogens with zero attached hydrogens (tertiary/aromatic N) is 4. The molecule has 0 atom stereocenters. The third kappa shape index (κ3) is 3.82. The Labute approximate surface area is 165 Å². The van der Waals surface area contributed by atoms with Crippen molar-refractivity contribution in [3.05, 3.63) is 64.7 Å². The highest BCUT2D eigenvalue weighted by Gasteiger charge is 2.36. The Morgan fingerprint density at radius 2 is 1.96 bits per heavy atom. The predicted octanol–water partition coefficient (Wildman–Crippen LogP) is 2.54. The number of amides is 1. The summed E-state index contributed by atoms with van der Waals surface area (Å²) in [4.78, 5) is 29.7. The number of carbonyl (C=O) groups is 2. The van der Waals surface area contributed by atoms with Gasteiger partial charge in [-0.25, -0.2) is 9.37 Å². The van der Waals surface area contributed by atoms with Gasteiger partial charge >= 0.3 is 0 Å². The van der Waals surface area contributed by atoms with Crippen LogP contribution in [0.2, 0.25) is 0 Å². The number of pyridine rings is 1. The molecule has 142 valence electrons. The van der Waals surface area contributed by atoms with E-state index < -0.39 is 5.91 Å². The van der Waals surface area contributed by atoms with Gasteiger partial charge in [0.15, 0.2) is 5.78 Å². The molecule has 0 radical (unpaired) electrons. The van der Waals surface area contributed by atoms with Crippen molar-refractivity contribution >= 4 is 34.8 Å². The van der Waals surface area contributed by atoms with Crippen LogP contribution in [0.3, 0.4) is 0 Å². The van der Waals surface area contributed by atoms with E-state index in [9.17, 15) is 14.0 Å². The van der Waals surface area contributed by atoms with Gasteiger partial charge in [-0.3, -0.25) is 19.6 Å². The molecule has 28 heavy (non-hydrogen) atoms. The number of thioether (sulfide) groups is 1. The molecule has 1 aromatic heterocycles. The number of halogens is 1. The summed E-state index contributed by atoms with van der Waals surface area (Å²) in [6.07, 6.45) is 3.19. The third-order valence-electron chi connectivity index (χ3n) is 4.14. The first-order valence-electron chi connectivity index (χ1n) is 8.20. The fourth-order valence-corrected chi connectivity index (χ4v) is 3.31. The number of hydrazine groups is 1. The number of aromatic nitrogens is 1. The van der Waals surface area contributed by atoms with Crippen molar-refractivity contribution in [2.24, 2.45) is 0 Å². The van der Waals surface area contributed by atoms with Gasteiger partial charge in [-0.2, -0.15) is 5.26 Å².